The maximum Gasteiger partial charge on any atom is 0.143 e. The van der Waals surface area contributed by atoms with E-state index in [4.69, 9.17) is 10.9 Å². The Balaban J connectivity index is 2.65. The SMILES string of the molecule is Cc1cccc(NCC(C)C(N)=NO)c1C. The van der Waals surface area contributed by atoms with Gasteiger partial charge in [0.15, 0.2) is 0 Å². The third-order valence-electron chi connectivity index (χ3n) is 2.82. The average molecular weight is 221 g/mol. The lowest BCUT2D eigenvalue weighted by atomic mass is 10.1. The number of nitrogens with two attached hydrogens (primary N) is 1. The monoisotopic (exact) mass is 221 g/mol. The molecule has 0 aromatic heterocycles. The minimum absolute atomic E-state index is 0.00455. The van der Waals surface area contributed by atoms with Crippen LogP contribution in [0.2, 0.25) is 0 Å². The third kappa shape index (κ3) is 2.89. The van der Waals surface area contributed by atoms with Crippen molar-refractivity contribution in [1.82, 2.24) is 0 Å². The number of rotatable bonds is 4. The van der Waals surface area contributed by atoms with Gasteiger partial charge >= 0.3 is 0 Å². The number of nitrogens with zero attached hydrogens (tertiary/aromatic N) is 1. The summed E-state index contributed by atoms with van der Waals surface area (Å²) in [6.45, 7) is 6.71. The van der Waals surface area contributed by atoms with Gasteiger partial charge in [-0.05, 0) is 31.0 Å². The van der Waals surface area contributed by atoms with Gasteiger partial charge in [-0.3, -0.25) is 0 Å². The van der Waals surface area contributed by atoms with Crippen molar-refractivity contribution in [2.45, 2.75) is 20.8 Å². The van der Waals surface area contributed by atoms with E-state index < -0.39 is 0 Å². The quantitative estimate of drug-likeness (QED) is 0.315. The molecule has 0 radical (unpaired) electrons. The molecule has 1 unspecified atom stereocenters. The Kier molecular flexibility index (Phi) is 4.17. The van der Waals surface area contributed by atoms with Crippen molar-refractivity contribution < 1.29 is 5.21 Å². The molecule has 4 nitrogen and oxygen atoms in total. The molecular weight excluding hydrogens is 202 g/mol. The van der Waals surface area contributed by atoms with Crippen molar-refractivity contribution in [3.05, 3.63) is 29.3 Å². The fourth-order valence-electron chi connectivity index (χ4n) is 1.41. The van der Waals surface area contributed by atoms with Crippen LogP contribution in [0.1, 0.15) is 18.1 Å². The van der Waals surface area contributed by atoms with Crippen LogP contribution in [-0.4, -0.2) is 17.6 Å². The predicted molar refractivity (Wildman–Crippen MR) is 67.0 cm³/mol. The van der Waals surface area contributed by atoms with Gasteiger partial charge in [0.25, 0.3) is 0 Å². The molecular formula is C12H19N3O. The second kappa shape index (κ2) is 5.39. The second-order valence-electron chi connectivity index (χ2n) is 4.05. The molecule has 0 saturated heterocycles. The van der Waals surface area contributed by atoms with Crippen molar-refractivity contribution >= 4 is 11.5 Å². The third-order valence-corrected chi connectivity index (χ3v) is 2.82. The summed E-state index contributed by atoms with van der Waals surface area (Å²) in [5, 5.41) is 14.8. The van der Waals surface area contributed by atoms with Gasteiger partial charge in [0.1, 0.15) is 5.84 Å². The van der Waals surface area contributed by atoms with Crippen LogP contribution in [0.4, 0.5) is 5.69 Å². The Morgan fingerprint density at radius 2 is 2.19 bits per heavy atom. The van der Waals surface area contributed by atoms with Crippen LogP contribution in [0.3, 0.4) is 0 Å². The van der Waals surface area contributed by atoms with Crippen LogP contribution < -0.4 is 11.1 Å². The second-order valence-corrected chi connectivity index (χ2v) is 4.05. The summed E-state index contributed by atoms with van der Waals surface area (Å²) in [5.41, 5.74) is 9.09. The maximum atomic E-state index is 8.54. The summed E-state index contributed by atoms with van der Waals surface area (Å²) in [4.78, 5) is 0. The lowest BCUT2D eigenvalue weighted by molar-refractivity contribution is 0.315. The van der Waals surface area contributed by atoms with Gasteiger partial charge in [0.05, 0.1) is 0 Å². The Labute approximate surface area is 96.2 Å². The Morgan fingerprint density at radius 3 is 2.81 bits per heavy atom. The molecule has 0 bridgehead atoms. The highest BCUT2D eigenvalue weighted by Gasteiger charge is 2.08. The Hall–Kier alpha value is -1.71. The van der Waals surface area contributed by atoms with Crippen molar-refractivity contribution in [2.24, 2.45) is 16.8 Å². The molecule has 88 valence electrons. The zero-order chi connectivity index (χ0) is 12.1. The van der Waals surface area contributed by atoms with Gasteiger partial charge < -0.3 is 16.3 Å². The number of nitrogens with one attached hydrogen (secondary N) is 1. The first-order valence-electron chi connectivity index (χ1n) is 5.33. The smallest absolute Gasteiger partial charge is 0.143 e. The first kappa shape index (κ1) is 12.4. The highest BCUT2D eigenvalue weighted by molar-refractivity contribution is 5.82. The number of benzene rings is 1. The first-order chi connectivity index (χ1) is 7.56. The van der Waals surface area contributed by atoms with Crippen LogP contribution in [0.5, 0.6) is 0 Å². The summed E-state index contributed by atoms with van der Waals surface area (Å²) in [6, 6.07) is 6.12. The van der Waals surface area contributed by atoms with Crippen LogP contribution >= 0.6 is 0 Å². The lowest BCUT2D eigenvalue weighted by Crippen LogP contribution is -2.27. The van der Waals surface area contributed by atoms with E-state index in [-0.39, 0.29) is 11.8 Å². The highest BCUT2D eigenvalue weighted by atomic mass is 16.4. The van der Waals surface area contributed by atoms with Crippen LogP contribution in [0, 0.1) is 19.8 Å². The Morgan fingerprint density at radius 1 is 1.50 bits per heavy atom. The van der Waals surface area contributed by atoms with Gasteiger partial charge in [-0.25, -0.2) is 0 Å². The molecule has 0 fully saturated rings. The molecule has 4 N–H and O–H groups in total. The molecule has 1 aromatic rings. The molecule has 16 heavy (non-hydrogen) atoms. The molecule has 0 amide bonds. The van der Waals surface area contributed by atoms with Crippen molar-refractivity contribution in [3.8, 4) is 0 Å². The summed E-state index contributed by atoms with van der Waals surface area (Å²) < 4.78 is 0. The zero-order valence-corrected chi connectivity index (χ0v) is 9.99. The molecule has 4 heteroatoms. The molecule has 0 aliphatic heterocycles. The summed E-state index contributed by atoms with van der Waals surface area (Å²) in [6.07, 6.45) is 0. The minimum Gasteiger partial charge on any atom is -0.409 e. The van der Waals surface area contributed by atoms with E-state index in [1.165, 1.54) is 11.1 Å². The lowest BCUT2D eigenvalue weighted by Gasteiger charge is -2.14. The van der Waals surface area contributed by atoms with Gasteiger partial charge in [0.2, 0.25) is 0 Å². The van der Waals surface area contributed by atoms with Crippen LogP contribution in [-0.2, 0) is 0 Å². The molecule has 0 spiro atoms. The zero-order valence-electron chi connectivity index (χ0n) is 9.99. The summed E-state index contributed by atoms with van der Waals surface area (Å²) in [7, 11) is 0. The first-order valence-corrected chi connectivity index (χ1v) is 5.33. The molecule has 1 atom stereocenters. The number of amidine groups is 1. The molecule has 0 aliphatic rings. The number of hydrogen-bond acceptors (Lipinski definition) is 3. The standard InChI is InChI=1S/C12H19N3O/c1-8-5-4-6-11(10(8)3)14-7-9(2)12(13)15-16/h4-6,9,14,16H,7H2,1-3H3,(H2,13,15). The van der Waals surface area contributed by atoms with Gasteiger partial charge in [-0.2, -0.15) is 0 Å². The fourth-order valence-corrected chi connectivity index (χ4v) is 1.41. The van der Waals surface area contributed by atoms with Gasteiger partial charge in [-0.15, -0.1) is 0 Å². The van der Waals surface area contributed by atoms with E-state index in [0.717, 1.165) is 5.69 Å². The number of oxime groups is 1. The highest BCUT2D eigenvalue weighted by Crippen LogP contribution is 2.18. The number of hydrogen-bond donors (Lipinski definition) is 3. The normalized spacial score (nSPS) is 13.6. The molecule has 0 saturated carbocycles. The van der Waals surface area contributed by atoms with E-state index in [0.29, 0.717) is 6.54 Å². The molecule has 1 aromatic carbocycles. The van der Waals surface area contributed by atoms with E-state index in [9.17, 15) is 0 Å². The maximum absolute atomic E-state index is 8.54. The van der Waals surface area contributed by atoms with Crippen LogP contribution in [0.15, 0.2) is 23.4 Å². The number of anilines is 1. The summed E-state index contributed by atoms with van der Waals surface area (Å²) >= 11 is 0. The van der Waals surface area contributed by atoms with Crippen LogP contribution in [0.25, 0.3) is 0 Å². The van der Waals surface area contributed by atoms with Crippen molar-refractivity contribution in [2.75, 3.05) is 11.9 Å². The Bertz CT molecular complexity index is 388. The van der Waals surface area contributed by atoms with E-state index in [1.54, 1.807) is 0 Å². The number of aryl methyl sites for hydroxylation is 1. The molecule has 0 aliphatic carbocycles. The molecule has 0 heterocycles. The van der Waals surface area contributed by atoms with Crippen molar-refractivity contribution in [3.63, 3.8) is 0 Å². The van der Waals surface area contributed by atoms with Crippen molar-refractivity contribution in [1.29, 1.82) is 0 Å². The molecule has 1 rings (SSSR count). The van der Waals surface area contributed by atoms with Gasteiger partial charge in [-0.1, -0.05) is 24.2 Å². The summed E-state index contributed by atoms with van der Waals surface area (Å²) in [5.74, 6) is 0.253. The van der Waals surface area contributed by atoms with E-state index in [1.807, 2.05) is 19.1 Å². The largest absolute Gasteiger partial charge is 0.409 e. The van der Waals surface area contributed by atoms with Gasteiger partial charge in [0, 0.05) is 18.2 Å². The average Bonchev–Trinajstić information content (AvgIpc) is 2.29. The van der Waals surface area contributed by atoms with E-state index in [2.05, 4.69) is 30.4 Å². The fraction of sp³-hybridized carbons (Fsp3) is 0.417. The topological polar surface area (TPSA) is 70.6 Å². The minimum atomic E-state index is 0.00455. The predicted octanol–water partition coefficient (Wildman–Crippen LogP) is 2.10. The van der Waals surface area contributed by atoms with E-state index >= 15 is 0 Å².